The molecule has 2 amide bonds. The second-order valence-corrected chi connectivity index (χ2v) is 8.59. The highest BCUT2D eigenvalue weighted by Gasteiger charge is 2.27. The summed E-state index contributed by atoms with van der Waals surface area (Å²) < 4.78 is 24.2. The number of piperidine rings is 1. The molecule has 6 nitrogen and oxygen atoms in total. The van der Waals surface area contributed by atoms with Crippen molar-refractivity contribution in [3.8, 4) is 0 Å². The predicted molar refractivity (Wildman–Crippen MR) is 86.6 cm³/mol. The van der Waals surface area contributed by atoms with Crippen LogP contribution in [-0.2, 0) is 14.6 Å². The van der Waals surface area contributed by atoms with E-state index in [1.165, 1.54) is 24.3 Å². The molecule has 0 spiro atoms. The van der Waals surface area contributed by atoms with Gasteiger partial charge in [0, 0.05) is 24.6 Å². The molecule has 23 heavy (non-hydrogen) atoms. The topological polar surface area (TPSA) is 97.5 Å². The van der Waals surface area contributed by atoms with Gasteiger partial charge in [0.1, 0.15) is 0 Å². The number of carbonyl (C=O) groups is 2. The Morgan fingerprint density at radius 3 is 2.09 bits per heavy atom. The number of nitrogens with zero attached hydrogens (tertiary/aromatic N) is 1. The molecule has 2 N–H and O–H groups in total. The minimum atomic E-state index is -3.34. The van der Waals surface area contributed by atoms with Crippen molar-refractivity contribution in [2.45, 2.75) is 36.8 Å². The molecule has 0 unspecified atom stereocenters. The number of benzene rings is 1. The number of hydrogen-bond donors (Lipinski definition) is 1. The van der Waals surface area contributed by atoms with Crippen molar-refractivity contribution in [3.05, 3.63) is 29.8 Å². The predicted octanol–water partition coefficient (Wildman–Crippen LogP) is 1.21. The molecular weight excluding hydrogens is 316 g/mol. The zero-order valence-electron chi connectivity index (χ0n) is 13.4. The fourth-order valence-electron chi connectivity index (χ4n) is 2.61. The van der Waals surface area contributed by atoms with Crippen LogP contribution < -0.4 is 5.73 Å². The summed E-state index contributed by atoms with van der Waals surface area (Å²) in [6.45, 7) is 4.21. The Morgan fingerprint density at radius 2 is 1.65 bits per heavy atom. The van der Waals surface area contributed by atoms with Gasteiger partial charge in [-0.2, -0.15) is 0 Å². The van der Waals surface area contributed by atoms with Crippen LogP contribution in [0, 0.1) is 5.92 Å². The molecule has 0 saturated carbocycles. The number of nitrogens with two attached hydrogens (primary N) is 1. The molecule has 1 aromatic rings. The summed E-state index contributed by atoms with van der Waals surface area (Å²) in [5.74, 6) is -0.639. The van der Waals surface area contributed by atoms with Crippen LogP contribution >= 0.6 is 0 Å². The minimum absolute atomic E-state index is 0.151. The molecule has 1 aliphatic heterocycles. The summed E-state index contributed by atoms with van der Waals surface area (Å²) >= 11 is 0. The molecule has 126 valence electrons. The van der Waals surface area contributed by atoms with Crippen LogP contribution in [0.4, 0.5) is 0 Å². The summed E-state index contributed by atoms with van der Waals surface area (Å²) in [5.41, 5.74) is 5.73. The Hall–Kier alpha value is -1.89. The van der Waals surface area contributed by atoms with E-state index in [0.717, 1.165) is 0 Å². The SMILES string of the molecule is CC(C)S(=O)(=O)c1ccc(C(=O)N2CCC(C(N)=O)CC2)cc1. The second kappa shape index (κ2) is 6.70. The van der Waals surface area contributed by atoms with Crippen LogP contribution in [0.2, 0.25) is 0 Å². The summed E-state index contributed by atoms with van der Waals surface area (Å²) in [5, 5.41) is -0.503. The molecule has 1 saturated heterocycles. The summed E-state index contributed by atoms with van der Waals surface area (Å²) in [7, 11) is -3.34. The van der Waals surface area contributed by atoms with Crippen LogP contribution in [0.15, 0.2) is 29.2 Å². The number of hydrogen-bond acceptors (Lipinski definition) is 4. The number of sulfone groups is 1. The summed E-state index contributed by atoms with van der Waals surface area (Å²) in [4.78, 5) is 25.5. The molecular formula is C16H22N2O4S. The van der Waals surface area contributed by atoms with Crippen LogP contribution in [0.5, 0.6) is 0 Å². The Kier molecular flexibility index (Phi) is 5.09. The normalized spacial score (nSPS) is 16.6. The highest BCUT2D eigenvalue weighted by Crippen LogP contribution is 2.20. The molecule has 0 aliphatic carbocycles. The van der Waals surface area contributed by atoms with E-state index in [0.29, 0.717) is 31.5 Å². The van der Waals surface area contributed by atoms with E-state index < -0.39 is 15.1 Å². The number of primary amides is 1. The lowest BCUT2D eigenvalue weighted by Gasteiger charge is -2.30. The first kappa shape index (κ1) is 17.5. The van der Waals surface area contributed by atoms with Gasteiger partial charge in [-0.1, -0.05) is 0 Å². The molecule has 0 aromatic heterocycles. The lowest BCUT2D eigenvalue weighted by Crippen LogP contribution is -2.41. The first-order valence-corrected chi connectivity index (χ1v) is 9.20. The van der Waals surface area contributed by atoms with Gasteiger partial charge in [-0.05, 0) is 51.0 Å². The third-order valence-electron chi connectivity index (χ3n) is 4.23. The molecule has 0 atom stereocenters. The molecule has 7 heteroatoms. The van der Waals surface area contributed by atoms with E-state index in [4.69, 9.17) is 5.73 Å². The zero-order valence-corrected chi connectivity index (χ0v) is 14.2. The van der Waals surface area contributed by atoms with Crippen molar-refractivity contribution >= 4 is 21.7 Å². The number of rotatable bonds is 4. The largest absolute Gasteiger partial charge is 0.369 e. The van der Waals surface area contributed by atoms with E-state index in [2.05, 4.69) is 0 Å². The van der Waals surface area contributed by atoms with Crippen LogP contribution in [0.25, 0.3) is 0 Å². The van der Waals surface area contributed by atoms with Gasteiger partial charge >= 0.3 is 0 Å². The van der Waals surface area contributed by atoms with E-state index in [1.54, 1.807) is 18.7 Å². The van der Waals surface area contributed by atoms with E-state index >= 15 is 0 Å². The summed E-state index contributed by atoms with van der Waals surface area (Å²) in [6.07, 6.45) is 1.14. The molecule has 0 bridgehead atoms. The zero-order chi connectivity index (χ0) is 17.2. The maximum Gasteiger partial charge on any atom is 0.253 e. The van der Waals surface area contributed by atoms with Crippen molar-refractivity contribution < 1.29 is 18.0 Å². The van der Waals surface area contributed by atoms with Gasteiger partial charge in [0.05, 0.1) is 10.1 Å². The van der Waals surface area contributed by atoms with Crippen LogP contribution in [-0.4, -0.2) is 43.5 Å². The standard InChI is InChI=1S/C16H22N2O4S/c1-11(2)23(21,22)14-5-3-13(4-6-14)16(20)18-9-7-12(8-10-18)15(17)19/h3-6,11-12H,7-10H2,1-2H3,(H2,17,19). The molecule has 1 fully saturated rings. The van der Waals surface area contributed by atoms with Crippen molar-refractivity contribution in [2.24, 2.45) is 11.7 Å². The third-order valence-corrected chi connectivity index (χ3v) is 6.41. The van der Waals surface area contributed by atoms with Gasteiger partial charge in [-0.15, -0.1) is 0 Å². The smallest absolute Gasteiger partial charge is 0.253 e. The number of carbonyl (C=O) groups excluding carboxylic acids is 2. The molecule has 1 heterocycles. The first-order valence-electron chi connectivity index (χ1n) is 7.66. The quantitative estimate of drug-likeness (QED) is 0.892. The molecule has 0 radical (unpaired) electrons. The average molecular weight is 338 g/mol. The molecule has 1 aliphatic rings. The van der Waals surface area contributed by atoms with Gasteiger partial charge in [0.25, 0.3) is 5.91 Å². The Labute approximate surface area is 136 Å². The van der Waals surface area contributed by atoms with Crippen LogP contribution in [0.3, 0.4) is 0 Å². The van der Waals surface area contributed by atoms with Gasteiger partial charge in [0.15, 0.2) is 9.84 Å². The Balaban J connectivity index is 2.09. The Bertz CT molecular complexity index is 687. The van der Waals surface area contributed by atoms with Gasteiger partial charge in [0.2, 0.25) is 5.91 Å². The minimum Gasteiger partial charge on any atom is -0.369 e. The fourth-order valence-corrected chi connectivity index (χ4v) is 3.67. The second-order valence-electron chi connectivity index (χ2n) is 6.09. The fraction of sp³-hybridized carbons (Fsp3) is 0.500. The van der Waals surface area contributed by atoms with Gasteiger partial charge < -0.3 is 10.6 Å². The Morgan fingerprint density at radius 1 is 1.13 bits per heavy atom. The van der Waals surface area contributed by atoms with Crippen molar-refractivity contribution in [1.82, 2.24) is 4.90 Å². The van der Waals surface area contributed by atoms with Crippen molar-refractivity contribution in [1.29, 1.82) is 0 Å². The van der Waals surface area contributed by atoms with E-state index in [1.807, 2.05) is 0 Å². The van der Waals surface area contributed by atoms with Crippen molar-refractivity contribution in [3.63, 3.8) is 0 Å². The first-order chi connectivity index (χ1) is 10.7. The monoisotopic (exact) mass is 338 g/mol. The number of amides is 2. The van der Waals surface area contributed by atoms with Crippen molar-refractivity contribution in [2.75, 3.05) is 13.1 Å². The maximum atomic E-state index is 12.4. The lowest BCUT2D eigenvalue weighted by atomic mass is 9.96. The van der Waals surface area contributed by atoms with Gasteiger partial charge in [-0.3, -0.25) is 9.59 Å². The van der Waals surface area contributed by atoms with E-state index in [-0.39, 0.29) is 22.6 Å². The van der Waals surface area contributed by atoms with E-state index in [9.17, 15) is 18.0 Å². The lowest BCUT2D eigenvalue weighted by molar-refractivity contribution is -0.123. The highest BCUT2D eigenvalue weighted by atomic mass is 32.2. The number of likely N-dealkylation sites (tertiary alicyclic amines) is 1. The average Bonchev–Trinajstić information content (AvgIpc) is 2.54. The van der Waals surface area contributed by atoms with Crippen LogP contribution in [0.1, 0.15) is 37.0 Å². The third kappa shape index (κ3) is 3.72. The molecule has 1 aromatic carbocycles. The maximum absolute atomic E-state index is 12.4. The van der Waals surface area contributed by atoms with Gasteiger partial charge in [-0.25, -0.2) is 8.42 Å². The summed E-state index contributed by atoms with van der Waals surface area (Å²) in [6, 6.07) is 6.02. The molecule has 2 rings (SSSR count). The highest BCUT2D eigenvalue weighted by molar-refractivity contribution is 7.92.